The van der Waals surface area contributed by atoms with E-state index in [2.05, 4.69) is 23.1 Å². The van der Waals surface area contributed by atoms with Gasteiger partial charge in [0.2, 0.25) is 0 Å². The highest BCUT2D eigenvalue weighted by Gasteiger charge is 1.92. The van der Waals surface area contributed by atoms with Crippen molar-refractivity contribution >= 4 is 34.9 Å². The molecular weight excluding hydrogens is 168 g/mol. The molecule has 1 N–H and O–H groups in total. The molecule has 1 rings (SSSR count). The van der Waals surface area contributed by atoms with Crippen LogP contribution in [0.15, 0.2) is 12.3 Å². The Bertz CT molecular complexity index is 127. The molecule has 0 aliphatic heterocycles. The van der Waals surface area contributed by atoms with Gasteiger partial charge < -0.3 is 0 Å². The Balaban J connectivity index is 2.76. The van der Waals surface area contributed by atoms with Gasteiger partial charge in [0.05, 0.1) is 0 Å². The lowest BCUT2D eigenvalue weighted by molar-refractivity contribution is 1.11. The third-order valence-corrected chi connectivity index (χ3v) is 3.09. The van der Waals surface area contributed by atoms with Crippen molar-refractivity contribution in [2.24, 2.45) is 0 Å². The van der Waals surface area contributed by atoms with Gasteiger partial charge in [0.1, 0.15) is 0 Å². The maximum atomic E-state index is 3.92. The Hall–Kier alpha value is 0.456. The Morgan fingerprint density at radius 2 is 2.71 bits per heavy atom. The zero-order chi connectivity index (χ0) is 5.11. The number of rotatable bonds is 1. The van der Waals surface area contributed by atoms with Crippen molar-refractivity contribution in [1.82, 2.24) is 10.2 Å². The second kappa shape index (κ2) is 2.69. The van der Waals surface area contributed by atoms with Crippen LogP contribution in [0, 0.1) is 0 Å². The number of hydrogen-bond acceptors (Lipinski definition) is 1. The number of hydrogen-bond donors (Lipinski definition) is 1. The largest absolute Gasteiger partial charge is 0.538 e. The maximum Gasteiger partial charge on any atom is 0.538 e. The first kappa shape index (κ1) is 5.59. The molecule has 0 saturated carbocycles. The van der Waals surface area contributed by atoms with Crippen molar-refractivity contribution in [2.45, 2.75) is 0 Å². The van der Waals surface area contributed by atoms with Crippen LogP contribution in [0.2, 0.25) is 0 Å². The first-order valence-corrected chi connectivity index (χ1v) is 6.58. The SMILES string of the molecule is [Br][Mg][c]1cc[nH]n1. The van der Waals surface area contributed by atoms with E-state index in [0.29, 0.717) is 0 Å². The van der Waals surface area contributed by atoms with E-state index >= 15 is 0 Å². The van der Waals surface area contributed by atoms with E-state index in [0.717, 1.165) is 0 Å². The van der Waals surface area contributed by atoms with E-state index in [1.165, 1.54) is 3.82 Å². The fourth-order valence-corrected chi connectivity index (χ4v) is 1.66. The lowest BCUT2D eigenvalue weighted by Crippen LogP contribution is -2.07. The summed E-state index contributed by atoms with van der Waals surface area (Å²) in [7, 11) is 0. The highest BCUT2D eigenvalue weighted by molar-refractivity contribution is 9.23. The van der Waals surface area contributed by atoms with Gasteiger partial charge in [0.25, 0.3) is 0 Å². The molecule has 1 aromatic heterocycles. The number of nitrogens with one attached hydrogen (secondary N) is 1. The normalized spacial score (nSPS) is 8.14. The highest BCUT2D eigenvalue weighted by atomic mass is 79.9. The third kappa shape index (κ3) is 1.43. The summed E-state index contributed by atoms with van der Waals surface area (Å²) in [5.41, 5.74) is 0. The van der Waals surface area contributed by atoms with Crippen molar-refractivity contribution in [3.8, 4) is 0 Å². The zero-order valence-electron chi connectivity index (χ0n) is 3.69. The molecule has 0 aromatic carbocycles. The standard InChI is InChI=1S/C3H3N2.BrH.Mg/c1-2-4-5-3-1;;/h1-2H,(H,4,5);1H;/q;;+1/p-1. The summed E-state index contributed by atoms with van der Waals surface area (Å²) in [6.07, 6.45) is 1.84. The van der Waals surface area contributed by atoms with Crippen molar-refractivity contribution < 1.29 is 0 Å². The minimum atomic E-state index is -0.196. The smallest absolute Gasteiger partial charge is 0.293 e. The number of H-pyrrole nitrogens is 1. The van der Waals surface area contributed by atoms with Crippen LogP contribution in [0.5, 0.6) is 0 Å². The molecule has 4 heteroatoms. The van der Waals surface area contributed by atoms with E-state index < -0.39 is 0 Å². The van der Waals surface area contributed by atoms with Gasteiger partial charge in [-0.1, -0.05) is 6.07 Å². The monoisotopic (exact) mass is 170 g/mol. The number of halogens is 1. The number of nitrogens with zero attached hydrogens (tertiary/aromatic N) is 1. The second-order valence-electron chi connectivity index (χ2n) is 1.20. The highest BCUT2D eigenvalue weighted by Crippen LogP contribution is 1.73. The minimum absolute atomic E-state index is 0.196. The molecule has 2 nitrogen and oxygen atoms in total. The fourth-order valence-electron chi connectivity index (χ4n) is 0.365. The van der Waals surface area contributed by atoms with Gasteiger partial charge in [0, 0.05) is 6.20 Å². The van der Waals surface area contributed by atoms with Crippen LogP contribution in [-0.4, -0.2) is 28.4 Å². The van der Waals surface area contributed by atoms with Crippen molar-refractivity contribution in [2.75, 3.05) is 0 Å². The maximum absolute atomic E-state index is 3.92. The van der Waals surface area contributed by atoms with Gasteiger partial charge in [-0.05, 0) is 3.82 Å². The zero-order valence-corrected chi connectivity index (χ0v) is 6.69. The van der Waals surface area contributed by atoms with Crippen LogP contribution in [0.25, 0.3) is 0 Å². The Morgan fingerprint density at radius 3 is 3.00 bits per heavy atom. The van der Waals surface area contributed by atoms with Crippen LogP contribution in [0.1, 0.15) is 0 Å². The molecule has 0 radical (unpaired) electrons. The molecule has 7 heavy (non-hydrogen) atoms. The Labute approximate surface area is 57.3 Å². The van der Waals surface area contributed by atoms with Crippen LogP contribution < -0.4 is 3.82 Å². The van der Waals surface area contributed by atoms with Gasteiger partial charge in [-0.3, -0.25) is 18.0 Å². The van der Waals surface area contributed by atoms with E-state index in [1.807, 2.05) is 12.3 Å². The quantitative estimate of drug-likeness (QED) is 0.594. The topological polar surface area (TPSA) is 28.7 Å². The molecule has 0 fully saturated rings. The summed E-state index contributed by atoms with van der Waals surface area (Å²) in [5, 5.41) is 6.66. The van der Waals surface area contributed by atoms with Gasteiger partial charge in [-0.2, -0.15) is 0 Å². The number of aromatic nitrogens is 2. The average molecular weight is 171 g/mol. The molecule has 0 spiro atoms. The second-order valence-corrected chi connectivity index (χ2v) is 3.87. The molecule has 34 valence electrons. The lowest BCUT2D eigenvalue weighted by Gasteiger charge is -1.72. The molecule has 1 aromatic rings. The minimum Gasteiger partial charge on any atom is -0.293 e. The lowest BCUT2D eigenvalue weighted by atomic mass is 10.8. The summed E-state index contributed by atoms with van der Waals surface area (Å²) in [6.45, 7) is 0. The third-order valence-electron chi connectivity index (χ3n) is 0.695. The Morgan fingerprint density at radius 1 is 1.86 bits per heavy atom. The van der Waals surface area contributed by atoms with Crippen molar-refractivity contribution in [3.05, 3.63) is 12.3 Å². The molecule has 0 atom stereocenters. The summed E-state index contributed by atoms with van der Waals surface area (Å²) < 4.78 is 1.18. The molecule has 0 saturated heterocycles. The van der Waals surface area contributed by atoms with E-state index in [-0.39, 0.29) is 18.2 Å². The van der Waals surface area contributed by atoms with Crippen LogP contribution in [0.4, 0.5) is 0 Å². The van der Waals surface area contributed by atoms with Crippen molar-refractivity contribution in [1.29, 1.82) is 0 Å². The molecule has 0 bridgehead atoms. The molecule has 0 amide bonds. The van der Waals surface area contributed by atoms with E-state index in [1.54, 1.807) is 0 Å². The first-order chi connectivity index (χ1) is 3.43. The predicted molar refractivity (Wildman–Crippen MR) is 32.9 cm³/mol. The van der Waals surface area contributed by atoms with Crippen LogP contribution in [-0.2, 0) is 0 Å². The summed E-state index contributed by atoms with van der Waals surface area (Å²) >= 11 is 3.20. The van der Waals surface area contributed by atoms with Crippen LogP contribution in [0.3, 0.4) is 0 Å². The first-order valence-electron chi connectivity index (χ1n) is 1.98. The van der Waals surface area contributed by atoms with Gasteiger partial charge in [-0.25, -0.2) is 5.10 Å². The van der Waals surface area contributed by atoms with Gasteiger partial charge >= 0.3 is 18.2 Å². The van der Waals surface area contributed by atoms with Gasteiger partial charge in [0.15, 0.2) is 0 Å². The van der Waals surface area contributed by atoms with E-state index in [4.69, 9.17) is 0 Å². The predicted octanol–water partition coefficient (Wildman–Crippen LogP) is 0.0491. The van der Waals surface area contributed by atoms with Crippen molar-refractivity contribution in [3.63, 3.8) is 0 Å². The fraction of sp³-hybridized carbons (Fsp3) is 0. The molecule has 0 aliphatic rings. The summed E-state index contributed by atoms with van der Waals surface area (Å²) in [6, 6.07) is 1.99. The van der Waals surface area contributed by atoms with E-state index in [9.17, 15) is 0 Å². The Kier molecular flexibility index (Phi) is 2.15. The average Bonchev–Trinajstić information content (AvgIpc) is 2.14. The summed E-state index contributed by atoms with van der Waals surface area (Å²) in [5.74, 6) is 0. The molecule has 1 heterocycles. The number of aromatic amines is 1. The van der Waals surface area contributed by atoms with Gasteiger partial charge in [-0.15, -0.1) is 0 Å². The summed E-state index contributed by atoms with van der Waals surface area (Å²) in [4.78, 5) is 0. The molecule has 0 unspecified atom stereocenters. The molecular formula is C3H3BrMgN2. The van der Waals surface area contributed by atoms with Crippen LogP contribution >= 0.6 is 12.9 Å². The molecule has 0 aliphatic carbocycles.